The molecule has 2 N–H and O–H groups in total. The van der Waals surface area contributed by atoms with Crippen LogP contribution < -0.4 is 0 Å². The monoisotopic (exact) mass is 684 g/mol. The second-order valence-corrected chi connectivity index (χ2v) is 17.3. The Morgan fingerprint density at radius 3 is 2.20 bits per heavy atom. The van der Waals surface area contributed by atoms with Crippen LogP contribution in [0.15, 0.2) is 30.3 Å². The number of rotatable bonds is 9. The minimum Gasteiger partial charge on any atom is -0.507 e. The lowest BCUT2D eigenvalue weighted by Gasteiger charge is -2.61. The molecule has 0 heterocycles. The summed E-state index contributed by atoms with van der Waals surface area (Å²) in [5.74, 6) is -8.94. The van der Waals surface area contributed by atoms with E-state index >= 15 is 0 Å². The fourth-order valence-corrected chi connectivity index (χ4v) is 9.90. The number of aromatic hydroxyl groups is 1. The molecule has 2 aromatic rings. The molecule has 268 valence electrons. The standard InChI is InChI=1S/C42H52O8/c1-10-11-24-12-13-26(18-25(24)14-15-27(44)19-39(5,6)7)28-16-17-30(45)32-29(28)20-40(8)21-41(9)33(22(2)3)35(46)31(23(4)43)37(48)42(41,50)38(49)34(40)36(32)47/h12-13,16-18,22,31,33-34,45,50H,10-11,14-15,19-21H2,1-9H3/t31?,33?,34?,40-,41-,42+/m1/s1. The molecule has 0 spiro atoms. The number of hydrogen-bond acceptors (Lipinski definition) is 8. The Balaban J connectivity index is 1.63. The third-order valence-electron chi connectivity index (χ3n) is 11.7. The van der Waals surface area contributed by atoms with Gasteiger partial charge in [0.25, 0.3) is 0 Å². The highest BCUT2D eigenvalue weighted by Gasteiger charge is 2.76. The van der Waals surface area contributed by atoms with E-state index in [1.54, 1.807) is 33.8 Å². The van der Waals surface area contributed by atoms with E-state index in [-0.39, 0.29) is 35.4 Å². The van der Waals surface area contributed by atoms with E-state index in [2.05, 4.69) is 19.1 Å². The number of benzene rings is 2. The van der Waals surface area contributed by atoms with Gasteiger partial charge in [-0.1, -0.05) is 86.1 Å². The average Bonchev–Trinajstić information content (AvgIpc) is 2.97. The van der Waals surface area contributed by atoms with E-state index in [0.29, 0.717) is 30.4 Å². The zero-order valence-corrected chi connectivity index (χ0v) is 31.0. The Labute approximate surface area is 295 Å². The number of hydrogen-bond donors (Lipinski definition) is 2. The van der Waals surface area contributed by atoms with Crippen LogP contribution >= 0.6 is 0 Å². The Kier molecular flexibility index (Phi) is 9.57. The van der Waals surface area contributed by atoms with Crippen molar-refractivity contribution in [1.29, 1.82) is 0 Å². The SMILES string of the molecule is CCCc1ccc(-c2ccc(O)c3c2C[C@]2(C)C[C@]4(C)C(C(C)C)C(=O)C(C(C)=O)C(=O)[C@]4(O)C(=O)C2C3=O)cc1CCC(=O)CC(C)(C)C. The van der Waals surface area contributed by atoms with Crippen LogP contribution in [0.4, 0.5) is 0 Å². The van der Waals surface area contributed by atoms with Crippen LogP contribution in [-0.2, 0) is 43.2 Å². The van der Waals surface area contributed by atoms with Crippen molar-refractivity contribution in [3.63, 3.8) is 0 Å². The van der Waals surface area contributed by atoms with Crippen molar-refractivity contribution in [2.75, 3.05) is 0 Å². The molecule has 3 aliphatic carbocycles. The number of phenolic OH excluding ortho intramolecular Hbond substituents is 1. The maximum atomic E-state index is 14.6. The highest BCUT2D eigenvalue weighted by Crippen LogP contribution is 2.64. The van der Waals surface area contributed by atoms with Gasteiger partial charge in [-0.25, -0.2) is 0 Å². The molecule has 0 radical (unpaired) electrons. The first-order valence-electron chi connectivity index (χ1n) is 18.0. The summed E-state index contributed by atoms with van der Waals surface area (Å²) in [4.78, 5) is 82.4. The molecule has 0 aromatic heterocycles. The minimum atomic E-state index is -2.73. The summed E-state index contributed by atoms with van der Waals surface area (Å²) in [5.41, 5.74) is -1.28. The first-order chi connectivity index (χ1) is 23.1. The lowest BCUT2D eigenvalue weighted by molar-refractivity contribution is -0.205. The number of ketones is 6. The van der Waals surface area contributed by atoms with Crippen LogP contribution in [0.2, 0.25) is 0 Å². The summed E-state index contributed by atoms with van der Waals surface area (Å²) in [6, 6.07) is 9.29. The van der Waals surface area contributed by atoms with E-state index in [1.807, 2.05) is 26.8 Å². The molecule has 50 heavy (non-hydrogen) atoms. The number of aryl methyl sites for hydroxylation is 2. The van der Waals surface area contributed by atoms with Gasteiger partial charge in [-0.15, -0.1) is 0 Å². The Hall–Kier alpha value is -3.78. The molecule has 6 atom stereocenters. The van der Waals surface area contributed by atoms with Gasteiger partial charge in [0.1, 0.15) is 23.2 Å². The molecular weight excluding hydrogens is 632 g/mol. The van der Waals surface area contributed by atoms with Gasteiger partial charge in [-0.05, 0) is 83.2 Å². The molecule has 2 fully saturated rings. The molecule has 0 aliphatic heterocycles. The number of carbonyl (C=O) groups excluding carboxylic acids is 6. The number of carbonyl (C=O) groups is 6. The zero-order valence-electron chi connectivity index (χ0n) is 31.0. The summed E-state index contributed by atoms with van der Waals surface area (Å²) in [6.45, 7) is 16.3. The molecule has 2 saturated carbocycles. The Morgan fingerprint density at radius 2 is 1.62 bits per heavy atom. The first kappa shape index (κ1) is 37.5. The summed E-state index contributed by atoms with van der Waals surface area (Å²) in [6.07, 6.45) is 3.40. The van der Waals surface area contributed by atoms with Crippen molar-refractivity contribution in [3.05, 3.63) is 52.6 Å². The van der Waals surface area contributed by atoms with Crippen LogP contribution in [0.3, 0.4) is 0 Å². The molecule has 3 unspecified atom stereocenters. The third kappa shape index (κ3) is 5.81. The molecule has 2 aromatic carbocycles. The molecule has 0 bridgehead atoms. The van der Waals surface area contributed by atoms with Crippen LogP contribution in [0, 0.1) is 39.9 Å². The number of aliphatic hydroxyl groups is 1. The van der Waals surface area contributed by atoms with E-state index in [1.165, 1.54) is 6.07 Å². The quantitative estimate of drug-likeness (QED) is 0.280. The first-order valence-corrected chi connectivity index (χ1v) is 18.0. The van der Waals surface area contributed by atoms with E-state index in [9.17, 15) is 39.0 Å². The van der Waals surface area contributed by atoms with Crippen LogP contribution in [0.25, 0.3) is 11.1 Å². The number of Topliss-reactive ketones (excluding diaryl/α,β-unsaturated/α-hetero) is 6. The predicted octanol–water partition coefficient (Wildman–Crippen LogP) is 6.65. The van der Waals surface area contributed by atoms with E-state index in [0.717, 1.165) is 36.5 Å². The maximum absolute atomic E-state index is 14.6. The van der Waals surface area contributed by atoms with Crippen molar-refractivity contribution < 1.29 is 39.0 Å². The van der Waals surface area contributed by atoms with E-state index < -0.39 is 69.0 Å². The fraction of sp³-hybridized carbons (Fsp3) is 0.571. The largest absolute Gasteiger partial charge is 0.507 e. The van der Waals surface area contributed by atoms with Crippen molar-refractivity contribution in [2.24, 2.45) is 39.9 Å². The lowest BCUT2D eigenvalue weighted by Crippen LogP contribution is -2.76. The Morgan fingerprint density at radius 1 is 0.960 bits per heavy atom. The van der Waals surface area contributed by atoms with Gasteiger partial charge in [-0.2, -0.15) is 0 Å². The van der Waals surface area contributed by atoms with Crippen LogP contribution in [-0.4, -0.2) is 50.5 Å². The highest BCUT2D eigenvalue weighted by atomic mass is 16.3. The molecular formula is C42H52O8. The smallest absolute Gasteiger partial charge is 0.190 e. The van der Waals surface area contributed by atoms with Crippen LogP contribution in [0.5, 0.6) is 5.75 Å². The summed E-state index contributed by atoms with van der Waals surface area (Å²) in [7, 11) is 0. The van der Waals surface area contributed by atoms with E-state index in [4.69, 9.17) is 0 Å². The van der Waals surface area contributed by atoms with Crippen LogP contribution in [0.1, 0.15) is 115 Å². The van der Waals surface area contributed by atoms with Gasteiger partial charge in [0.2, 0.25) is 0 Å². The summed E-state index contributed by atoms with van der Waals surface area (Å²) < 4.78 is 0. The topological polar surface area (TPSA) is 143 Å². The molecule has 0 amide bonds. The van der Waals surface area contributed by atoms with Crippen molar-refractivity contribution in [2.45, 2.75) is 113 Å². The van der Waals surface area contributed by atoms with Gasteiger partial charge in [0.15, 0.2) is 28.7 Å². The molecule has 8 nitrogen and oxygen atoms in total. The summed E-state index contributed by atoms with van der Waals surface area (Å²) >= 11 is 0. The second kappa shape index (κ2) is 12.8. The van der Waals surface area contributed by atoms with Gasteiger partial charge in [-0.3, -0.25) is 28.8 Å². The van der Waals surface area contributed by atoms with Crippen molar-refractivity contribution >= 4 is 34.7 Å². The Bertz CT molecular complexity index is 1810. The third-order valence-corrected chi connectivity index (χ3v) is 11.7. The zero-order chi connectivity index (χ0) is 37.3. The molecule has 3 aliphatic rings. The number of phenols is 1. The molecule has 8 heteroatoms. The molecule has 5 rings (SSSR count). The van der Waals surface area contributed by atoms with Crippen molar-refractivity contribution in [3.8, 4) is 16.9 Å². The molecule has 0 saturated heterocycles. The lowest BCUT2D eigenvalue weighted by atomic mass is 9.40. The average molecular weight is 685 g/mol. The van der Waals surface area contributed by atoms with Gasteiger partial charge >= 0.3 is 0 Å². The summed E-state index contributed by atoms with van der Waals surface area (Å²) in [5, 5.41) is 23.4. The highest BCUT2D eigenvalue weighted by molar-refractivity contribution is 6.32. The normalized spacial score (nSPS) is 29.5. The predicted molar refractivity (Wildman–Crippen MR) is 190 cm³/mol. The fourth-order valence-electron chi connectivity index (χ4n) is 9.90. The minimum absolute atomic E-state index is 0.00525. The van der Waals surface area contributed by atoms with Gasteiger partial charge in [0.05, 0.1) is 11.5 Å². The number of fused-ring (bicyclic) bond motifs is 3. The second-order valence-electron chi connectivity index (χ2n) is 17.3. The maximum Gasteiger partial charge on any atom is 0.190 e. The van der Waals surface area contributed by atoms with Gasteiger partial charge < -0.3 is 10.2 Å². The van der Waals surface area contributed by atoms with Crippen molar-refractivity contribution in [1.82, 2.24) is 0 Å². The van der Waals surface area contributed by atoms with Gasteiger partial charge in [0, 0.05) is 24.2 Å².